The summed E-state index contributed by atoms with van der Waals surface area (Å²) in [6.07, 6.45) is 52.9. The molecule has 0 rings (SSSR count). The summed E-state index contributed by atoms with van der Waals surface area (Å²) in [5.74, 6) is -0.202. The van der Waals surface area contributed by atoms with E-state index < -0.39 is 20.0 Å². The number of aliphatic hydroxyl groups is 1. The third-order valence-corrected chi connectivity index (χ3v) is 11.2. The Kier molecular flexibility index (Phi) is 39.3. The van der Waals surface area contributed by atoms with Crippen LogP contribution in [0.4, 0.5) is 0 Å². The van der Waals surface area contributed by atoms with Gasteiger partial charge in [-0.3, -0.25) is 13.8 Å². The van der Waals surface area contributed by atoms with Gasteiger partial charge >= 0.3 is 7.82 Å². The highest BCUT2D eigenvalue weighted by Gasteiger charge is 2.27. The smallest absolute Gasteiger partial charge is 0.387 e. The Morgan fingerprint density at radius 2 is 1.00 bits per heavy atom. The Bertz CT molecular complexity index is 1130. The van der Waals surface area contributed by atoms with Crippen molar-refractivity contribution in [1.29, 1.82) is 0 Å². The largest absolute Gasteiger partial charge is 0.472 e. The SMILES string of the molecule is CCCCC/C=C\C/C=C\C/C=C\CCCCCCCCC(=O)NC(COP(=O)(O)OCC[N+](C)(C)C)C(O)/C=C/CC/C=C/CCCCCCCCCCCCC. The molecule has 0 aliphatic heterocycles. The summed E-state index contributed by atoms with van der Waals surface area (Å²) in [7, 11) is 1.54. The fourth-order valence-corrected chi connectivity index (χ4v) is 7.15. The van der Waals surface area contributed by atoms with Crippen molar-refractivity contribution >= 4 is 13.7 Å². The van der Waals surface area contributed by atoms with E-state index in [2.05, 4.69) is 67.8 Å². The number of rotatable bonds is 42. The first-order valence-corrected chi connectivity index (χ1v) is 25.2. The van der Waals surface area contributed by atoms with Gasteiger partial charge in [-0.25, -0.2) is 4.57 Å². The van der Waals surface area contributed by atoms with E-state index in [-0.39, 0.29) is 19.1 Å². The Labute approximate surface area is 358 Å². The van der Waals surface area contributed by atoms with Gasteiger partial charge in [0, 0.05) is 6.42 Å². The highest BCUT2D eigenvalue weighted by Crippen LogP contribution is 2.43. The number of phosphoric ester groups is 1. The highest BCUT2D eigenvalue weighted by atomic mass is 31.2. The summed E-state index contributed by atoms with van der Waals surface area (Å²) in [6.45, 7) is 4.75. The minimum absolute atomic E-state index is 0.0510. The third-order valence-electron chi connectivity index (χ3n) is 10.2. The van der Waals surface area contributed by atoms with E-state index in [0.29, 0.717) is 17.4 Å². The van der Waals surface area contributed by atoms with Gasteiger partial charge < -0.3 is 19.8 Å². The zero-order valence-electron chi connectivity index (χ0n) is 38.3. The first-order valence-electron chi connectivity index (χ1n) is 23.7. The molecule has 8 nitrogen and oxygen atoms in total. The molecule has 0 aromatic carbocycles. The summed E-state index contributed by atoms with van der Waals surface area (Å²) in [5.41, 5.74) is 0. The molecule has 0 spiro atoms. The maximum absolute atomic E-state index is 12.9. The molecule has 3 atom stereocenters. The van der Waals surface area contributed by atoms with Crippen LogP contribution >= 0.6 is 7.82 Å². The van der Waals surface area contributed by atoms with Crippen LogP contribution < -0.4 is 5.32 Å². The number of hydrogen-bond acceptors (Lipinski definition) is 5. The average molecular weight is 836 g/mol. The lowest BCUT2D eigenvalue weighted by Crippen LogP contribution is -2.45. The summed E-state index contributed by atoms with van der Waals surface area (Å²) in [5, 5.41) is 13.8. The fourth-order valence-electron chi connectivity index (χ4n) is 6.42. The van der Waals surface area contributed by atoms with Gasteiger partial charge in [0.2, 0.25) is 5.91 Å². The van der Waals surface area contributed by atoms with Crippen LogP contribution in [0.2, 0.25) is 0 Å². The van der Waals surface area contributed by atoms with Gasteiger partial charge in [0.1, 0.15) is 13.2 Å². The molecule has 0 saturated heterocycles. The maximum atomic E-state index is 12.9. The Morgan fingerprint density at radius 3 is 1.53 bits per heavy atom. The molecule has 0 heterocycles. The van der Waals surface area contributed by atoms with Crippen molar-refractivity contribution in [2.24, 2.45) is 0 Å². The van der Waals surface area contributed by atoms with Crippen LogP contribution in [0.1, 0.15) is 194 Å². The van der Waals surface area contributed by atoms with E-state index in [1.165, 1.54) is 109 Å². The summed E-state index contributed by atoms with van der Waals surface area (Å²) >= 11 is 0. The fraction of sp³-hybridized carbons (Fsp3) is 0.776. The van der Waals surface area contributed by atoms with E-state index in [1.54, 1.807) is 6.08 Å². The molecular formula is C49H92N2O6P+. The molecular weight excluding hydrogens is 744 g/mol. The van der Waals surface area contributed by atoms with Gasteiger partial charge in [0.25, 0.3) is 0 Å². The highest BCUT2D eigenvalue weighted by molar-refractivity contribution is 7.47. The molecule has 3 N–H and O–H groups in total. The molecule has 0 aromatic heterocycles. The van der Waals surface area contributed by atoms with E-state index in [4.69, 9.17) is 9.05 Å². The molecule has 0 saturated carbocycles. The minimum atomic E-state index is -4.35. The molecule has 0 aliphatic carbocycles. The number of amides is 1. The van der Waals surface area contributed by atoms with Crippen LogP contribution in [0.15, 0.2) is 60.8 Å². The number of nitrogens with zero attached hydrogens (tertiary/aromatic N) is 1. The zero-order chi connectivity index (χ0) is 42.8. The first kappa shape index (κ1) is 56.2. The van der Waals surface area contributed by atoms with E-state index >= 15 is 0 Å². The second-order valence-corrected chi connectivity index (χ2v) is 18.6. The second-order valence-electron chi connectivity index (χ2n) is 17.1. The molecule has 0 aromatic rings. The number of quaternary nitrogens is 1. The van der Waals surface area contributed by atoms with Crippen LogP contribution in [-0.2, 0) is 18.4 Å². The number of phosphoric acid groups is 1. The molecule has 338 valence electrons. The average Bonchev–Trinajstić information content (AvgIpc) is 3.17. The molecule has 1 amide bonds. The maximum Gasteiger partial charge on any atom is 0.472 e. The van der Waals surface area contributed by atoms with Crippen LogP contribution in [0.25, 0.3) is 0 Å². The van der Waals surface area contributed by atoms with E-state index in [9.17, 15) is 19.4 Å². The van der Waals surface area contributed by atoms with Gasteiger partial charge in [-0.05, 0) is 70.6 Å². The number of aliphatic hydroxyl groups excluding tert-OH is 1. The lowest BCUT2D eigenvalue weighted by atomic mass is 10.1. The first-order chi connectivity index (χ1) is 28.0. The van der Waals surface area contributed by atoms with Gasteiger partial charge in [-0.1, -0.05) is 177 Å². The monoisotopic (exact) mass is 836 g/mol. The van der Waals surface area contributed by atoms with Crippen LogP contribution in [0.3, 0.4) is 0 Å². The van der Waals surface area contributed by atoms with Gasteiger partial charge in [-0.15, -0.1) is 0 Å². The summed E-state index contributed by atoms with van der Waals surface area (Å²) < 4.78 is 23.6. The second kappa shape index (κ2) is 40.6. The number of unbranched alkanes of at least 4 members (excludes halogenated alkanes) is 21. The molecule has 0 aliphatic rings. The number of carbonyl (C=O) groups is 1. The third kappa shape index (κ3) is 42.3. The number of likely N-dealkylation sites (N-methyl/N-ethyl adjacent to an activating group) is 1. The predicted molar refractivity (Wildman–Crippen MR) is 249 cm³/mol. The van der Waals surface area contributed by atoms with Crippen LogP contribution in [-0.4, -0.2) is 73.4 Å². The lowest BCUT2D eigenvalue weighted by molar-refractivity contribution is -0.870. The van der Waals surface area contributed by atoms with Crippen LogP contribution in [0, 0.1) is 0 Å². The molecule has 58 heavy (non-hydrogen) atoms. The normalized spacial score (nSPS) is 14.8. The van der Waals surface area contributed by atoms with E-state index in [0.717, 1.165) is 64.2 Å². The Morgan fingerprint density at radius 1 is 0.586 bits per heavy atom. The molecule has 3 unspecified atom stereocenters. The van der Waals surface area contributed by atoms with Gasteiger partial charge in [0.05, 0.1) is 39.9 Å². The molecule has 0 bridgehead atoms. The standard InChI is InChI=1S/C49H91N2O6P/c1-6-8-10-12-14-16-18-20-22-24-25-27-29-31-33-35-37-39-41-43-49(53)50-47(46-57-58(54,55)56-45-44-51(3,4)5)48(52)42-40-38-36-34-32-30-28-26-23-21-19-17-15-13-11-9-7-2/h14,16,20,22,25,27,32,34,40,42,47-48,52H,6-13,15,17-19,21,23-24,26,28-31,33,35-39,41,43-46H2,1-5H3,(H-,50,53,54,55)/p+1/b16-14-,22-20-,27-25-,34-32+,42-40+. The van der Waals surface area contributed by atoms with Crippen molar-refractivity contribution in [2.75, 3.05) is 40.9 Å². The lowest BCUT2D eigenvalue weighted by Gasteiger charge is -2.25. The zero-order valence-corrected chi connectivity index (χ0v) is 39.2. The molecule has 0 fully saturated rings. The topological polar surface area (TPSA) is 105 Å². The van der Waals surface area contributed by atoms with Gasteiger partial charge in [0.15, 0.2) is 0 Å². The molecule has 0 radical (unpaired) electrons. The van der Waals surface area contributed by atoms with Crippen molar-refractivity contribution in [3.63, 3.8) is 0 Å². The van der Waals surface area contributed by atoms with Crippen molar-refractivity contribution in [2.45, 2.75) is 206 Å². The van der Waals surface area contributed by atoms with E-state index in [1.807, 2.05) is 27.2 Å². The quantitative estimate of drug-likeness (QED) is 0.0245. The minimum Gasteiger partial charge on any atom is -0.387 e. The number of hydrogen-bond donors (Lipinski definition) is 3. The number of allylic oxidation sites excluding steroid dienone is 9. The number of nitrogens with one attached hydrogen (secondary N) is 1. The number of carbonyl (C=O) groups excluding carboxylic acids is 1. The predicted octanol–water partition coefficient (Wildman–Crippen LogP) is 13.4. The molecule has 9 heteroatoms. The van der Waals surface area contributed by atoms with Crippen molar-refractivity contribution in [3.8, 4) is 0 Å². The summed E-state index contributed by atoms with van der Waals surface area (Å²) in [4.78, 5) is 23.2. The van der Waals surface area contributed by atoms with Gasteiger partial charge in [-0.2, -0.15) is 0 Å². The van der Waals surface area contributed by atoms with Crippen molar-refractivity contribution < 1.29 is 32.9 Å². The Hall–Kier alpha value is -1.80. The van der Waals surface area contributed by atoms with Crippen LogP contribution in [0.5, 0.6) is 0 Å². The summed E-state index contributed by atoms with van der Waals surface area (Å²) in [6, 6.07) is -0.872. The Balaban J connectivity index is 4.47. The van der Waals surface area contributed by atoms with Crippen molar-refractivity contribution in [3.05, 3.63) is 60.8 Å². The van der Waals surface area contributed by atoms with Crippen molar-refractivity contribution in [1.82, 2.24) is 5.32 Å².